The molecule has 0 aromatic heterocycles. The van der Waals surface area contributed by atoms with Crippen molar-refractivity contribution in [2.45, 2.75) is 44.2 Å². The van der Waals surface area contributed by atoms with Crippen molar-refractivity contribution in [3.63, 3.8) is 0 Å². The van der Waals surface area contributed by atoms with E-state index in [1.165, 1.54) is 25.7 Å². The first-order chi connectivity index (χ1) is 8.69. The second-order valence-electron chi connectivity index (χ2n) is 5.27. The largest absolute Gasteiger partial charge is 0.362 e. The van der Waals surface area contributed by atoms with Crippen LogP contribution in [0.5, 0.6) is 0 Å². The Hall–Kier alpha value is -0.780. The highest BCUT2D eigenvalue weighted by molar-refractivity contribution is 14.1. The van der Waals surface area contributed by atoms with Gasteiger partial charge in [0.25, 0.3) is 5.91 Å². The van der Waals surface area contributed by atoms with Gasteiger partial charge in [0.15, 0.2) is 0 Å². The third-order valence-electron chi connectivity index (χ3n) is 3.91. The topological polar surface area (TPSA) is 41.1 Å². The maximum Gasteiger partial charge on any atom is 0.255 e. The van der Waals surface area contributed by atoms with Gasteiger partial charge in [-0.3, -0.25) is 4.79 Å². The lowest BCUT2D eigenvalue weighted by molar-refractivity contribution is 0.0891. The first-order valence-corrected chi connectivity index (χ1v) is 7.67. The van der Waals surface area contributed by atoms with Crippen molar-refractivity contribution in [1.29, 1.82) is 0 Å². The average Bonchev–Trinajstić information content (AvgIpc) is 2.56. The molecule has 1 aliphatic heterocycles. The Kier molecular flexibility index (Phi) is 3.21. The van der Waals surface area contributed by atoms with Crippen LogP contribution in [0.3, 0.4) is 0 Å². The monoisotopic (exact) mass is 356 g/mol. The van der Waals surface area contributed by atoms with Crippen LogP contribution in [0.1, 0.15) is 48.9 Å². The molecule has 96 valence electrons. The van der Waals surface area contributed by atoms with Crippen LogP contribution in [-0.4, -0.2) is 11.6 Å². The number of carbonyl (C=O) groups is 1. The smallest absolute Gasteiger partial charge is 0.255 e. The lowest BCUT2D eigenvalue weighted by Crippen LogP contribution is -2.57. The first-order valence-electron chi connectivity index (χ1n) is 6.59. The maximum atomic E-state index is 12.3. The standard InChI is InChI=1S/C14H17IN2O/c15-10-5-6-12-11(9-10)13(18)17-14(16-12)7-3-1-2-4-8-14/h5-6,9,16H,1-4,7-8H2,(H,17,18). The molecule has 1 fully saturated rings. The molecule has 2 N–H and O–H groups in total. The zero-order chi connectivity index (χ0) is 12.6. The van der Waals surface area contributed by atoms with Gasteiger partial charge in [0, 0.05) is 9.26 Å². The van der Waals surface area contributed by atoms with Crippen molar-refractivity contribution in [1.82, 2.24) is 5.32 Å². The minimum atomic E-state index is -0.201. The fraction of sp³-hybridized carbons (Fsp3) is 0.500. The molecule has 1 aliphatic carbocycles. The number of benzene rings is 1. The van der Waals surface area contributed by atoms with E-state index >= 15 is 0 Å². The van der Waals surface area contributed by atoms with Crippen LogP contribution in [-0.2, 0) is 0 Å². The molecule has 2 aliphatic rings. The van der Waals surface area contributed by atoms with Crippen LogP contribution in [0.2, 0.25) is 0 Å². The van der Waals surface area contributed by atoms with Gasteiger partial charge >= 0.3 is 0 Å². The van der Waals surface area contributed by atoms with Gasteiger partial charge in [-0.15, -0.1) is 0 Å². The van der Waals surface area contributed by atoms with Crippen LogP contribution < -0.4 is 10.6 Å². The Morgan fingerprint density at radius 1 is 1.06 bits per heavy atom. The molecule has 3 rings (SSSR count). The van der Waals surface area contributed by atoms with Gasteiger partial charge in [0.05, 0.1) is 5.56 Å². The number of carbonyl (C=O) groups excluding carboxylic acids is 1. The predicted molar refractivity (Wildman–Crippen MR) is 80.7 cm³/mol. The molecule has 1 aromatic rings. The molecule has 0 radical (unpaired) electrons. The van der Waals surface area contributed by atoms with E-state index in [1.54, 1.807) is 0 Å². The van der Waals surface area contributed by atoms with E-state index in [9.17, 15) is 4.79 Å². The van der Waals surface area contributed by atoms with Crippen molar-refractivity contribution in [3.8, 4) is 0 Å². The molecule has 0 bridgehead atoms. The Balaban J connectivity index is 1.95. The molecule has 18 heavy (non-hydrogen) atoms. The molecular formula is C14H17IN2O. The Morgan fingerprint density at radius 2 is 1.78 bits per heavy atom. The minimum Gasteiger partial charge on any atom is -0.362 e. The first kappa shape index (κ1) is 12.3. The average molecular weight is 356 g/mol. The fourth-order valence-corrected chi connectivity index (χ4v) is 3.46. The van der Waals surface area contributed by atoms with Crippen molar-refractivity contribution < 1.29 is 4.79 Å². The number of nitrogens with one attached hydrogen (secondary N) is 2. The van der Waals surface area contributed by atoms with E-state index in [-0.39, 0.29) is 11.6 Å². The Bertz CT molecular complexity index is 479. The molecule has 1 saturated carbocycles. The van der Waals surface area contributed by atoms with Crippen LogP contribution >= 0.6 is 22.6 Å². The summed E-state index contributed by atoms with van der Waals surface area (Å²) in [5.41, 5.74) is 1.56. The zero-order valence-corrected chi connectivity index (χ0v) is 12.4. The lowest BCUT2D eigenvalue weighted by atomic mass is 9.95. The van der Waals surface area contributed by atoms with Crippen molar-refractivity contribution in [3.05, 3.63) is 27.3 Å². The molecule has 4 heteroatoms. The van der Waals surface area contributed by atoms with E-state index in [2.05, 4.69) is 39.3 Å². The number of halogens is 1. The molecule has 0 atom stereocenters. The minimum absolute atomic E-state index is 0.0733. The molecule has 3 nitrogen and oxygen atoms in total. The van der Waals surface area contributed by atoms with Gasteiger partial charge in [-0.1, -0.05) is 12.8 Å². The van der Waals surface area contributed by atoms with E-state index < -0.39 is 0 Å². The molecule has 0 unspecified atom stereocenters. The second-order valence-corrected chi connectivity index (χ2v) is 6.51. The third-order valence-corrected chi connectivity index (χ3v) is 4.58. The number of amides is 1. The molecular weight excluding hydrogens is 339 g/mol. The molecule has 1 heterocycles. The maximum absolute atomic E-state index is 12.3. The zero-order valence-electron chi connectivity index (χ0n) is 10.3. The lowest BCUT2D eigenvalue weighted by Gasteiger charge is -2.40. The summed E-state index contributed by atoms with van der Waals surface area (Å²) in [7, 11) is 0. The number of rotatable bonds is 0. The number of anilines is 1. The van der Waals surface area contributed by atoms with E-state index in [0.717, 1.165) is 27.7 Å². The summed E-state index contributed by atoms with van der Waals surface area (Å²) in [6, 6.07) is 6.03. The normalized spacial score (nSPS) is 21.7. The van der Waals surface area contributed by atoms with Gasteiger partial charge in [-0.2, -0.15) is 0 Å². The van der Waals surface area contributed by atoms with Crippen LogP contribution in [0.25, 0.3) is 0 Å². The van der Waals surface area contributed by atoms with Gasteiger partial charge in [0.1, 0.15) is 5.66 Å². The Morgan fingerprint density at radius 3 is 2.50 bits per heavy atom. The number of fused-ring (bicyclic) bond motifs is 1. The SMILES string of the molecule is O=C1NC2(CCCCCC2)Nc2ccc(I)cc21. The number of hydrogen-bond donors (Lipinski definition) is 2. The van der Waals surface area contributed by atoms with E-state index in [0.29, 0.717) is 0 Å². The predicted octanol–water partition coefficient (Wildman–Crippen LogP) is 3.50. The summed E-state index contributed by atoms with van der Waals surface area (Å²) in [6.07, 6.45) is 6.99. The summed E-state index contributed by atoms with van der Waals surface area (Å²) in [5.74, 6) is 0.0733. The number of hydrogen-bond acceptors (Lipinski definition) is 2. The Labute approximate surface area is 121 Å². The summed E-state index contributed by atoms with van der Waals surface area (Å²) >= 11 is 2.24. The van der Waals surface area contributed by atoms with Crippen LogP contribution in [0.15, 0.2) is 18.2 Å². The van der Waals surface area contributed by atoms with Crippen LogP contribution in [0.4, 0.5) is 5.69 Å². The highest BCUT2D eigenvalue weighted by Crippen LogP contribution is 2.34. The summed E-state index contributed by atoms with van der Waals surface area (Å²) in [5, 5.41) is 6.78. The fourth-order valence-electron chi connectivity index (χ4n) is 2.97. The summed E-state index contributed by atoms with van der Waals surface area (Å²) in [4.78, 5) is 12.3. The highest BCUT2D eigenvalue weighted by atomic mass is 127. The van der Waals surface area contributed by atoms with Crippen molar-refractivity contribution >= 4 is 34.2 Å². The van der Waals surface area contributed by atoms with Crippen molar-refractivity contribution in [2.24, 2.45) is 0 Å². The molecule has 0 saturated heterocycles. The van der Waals surface area contributed by atoms with E-state index in [1.807, 2.05) is 12.1 Å². The van der Waals surface area contributed by atoms with Crippen LogP contribution in [0, 0.1) is 3.57 Å². The van der Waals surface area contributed by atoms with Gasteiger partial charge in [-0.05, 0) is 66.5 Å². The van der Waals surface area contributed by atoms with Gasteiger partial charge in [-0.25, -0.2) is 0 Å². The van der Waals surface area contributed by atoms with Gasteiger partial charge < -0.3 is 10.6 Å². The molecule has 1 spiro atoms. The van der Waals surface area contributed by atoms with Crippen molar-refractivity contribution in [2.75, 3.05) is 5.32 Å². The van der Waals surface area contributed by atoms with E-state index in [4.69, 9.17) is 0 Å². The quantitative estimate of drug-likeness (QED) is 0.699. The summed E-state index contributed by atoms with van der Waals surface area (Å²) < 4.78 is 1.10. The molecule has 1 aromatic carbocycles. The van der Waals surface area contributed by atoms with Gasteiger partial charge in [0.2, 0.25) is 0 Å². The highest BCUT2D eigenvalue weighted by Gasteiger charge is 2.37. The second kappa shape index (κ2) is 4.72. The molecule has 1 amide bonds. The summed E-state index contributed by atoms with van der Waals surface area (Å²) in [6.45, 7) is 0. The third kappa shape index (κ3) is 2.22.